The van der Waals surface area contributed by atoms with Crippen molar-refractivity contribution in [2.75, 3.05) is 6.54 Å². The minimum atomic E-state index is -3.42. The molecule has 21 heavy (non-hydrogen) atoms. The van der Waals surface area contributed by atoms with Crippen molar-refractivity contribution in [1.82, 2.24) is 4.31 Å². The molecule has 0 aliphatic carbocycles. The molecule has 1 aromatic carbocycles. The van der Waals surface area contributed by atoms with Gasteiger partial charge < -0.3 is 0 Å². The second kappa shape index (κ2) is 5.23. The van der Waals surface area contributed by atoms with Crippen LogP contribution in [0.1, 0.15) is 27.1 Å². The van der Waals surface area contributed by atoms with E-state index in [4.69, 9.17) is 0 Å². The molecule has 2 aromatic rings. The van der Waals surface area contributed by atoms with Gasteiger partial charge in [0.05, 0.1) is 4.90 Å². The first-order valence-corrected chi connectivity index (χ1v) is 9.35. The normalized spacial score (nSPS) is 16.0. The minimum Gasteiger partial charge on any atom is -0.207 e. The van der Waals surface area contributed by atoms with Crippen molar-refractivity contribution in [3.8, 4) is 0 Å². The Balaban J connectivity index is 2.03. The van der Waals surface area contributed by atoms with E-state index in [1.54, 1.807) is 15.6 Å². The molecule has 1 aliphatic heterocycles. The molecule has 0 radical (unpaired) electrons. The molecule has 0 saturated carbocycles. The van der Waals surface area contributed by atoms with Crippen LogP contribution in [0.3, 0.4) is 0 Å². The van der Waals surface area contributed by atoms with Crippen molar-refractivity contribution >= 4 is 21.4 Å². The minimum absolute atomic E-state index is 0.478. The van der Waals surface area contributed by atoms with E-state index in [-0.39, 0.29) is 0 Å². The van der Waals surface area contributed by atoms with Crippen molar-refractivity contribution < 1.29 is 8.42 Å². The van der Waals surface area contributed by atoms with Crippen LogP contribution in [0.15, 0.2) is 28.5 Å². The number of nitrogens with zero attached hydrogens (tertiary/aromatic N) is 1. The maximum Gasteiger partial charge on any atom is 0.243 e. The predicted molar refractivity (Wildman–Crippen MR) is 86.3 cm³/mol. The smallest absolute Gasteiger partial charge is 0.207 e. The quantitative estimate of drug-likeness (QED) is 0.850. The van der Waals surface area contributed by atoms with E-state index in [0.717, 1.165) is 28.7 Å². The van der Waals surface area contributed by atoms with Crippen LogP contribution >= 0.6 is 11.3 Å². The number of hydrogen-bond acceptors (Lipinski definition) is 3. The molecule has 5 heteroatoms. The third kappa shape index (κ3) is 2.54. The van der Waals surface area contributed by atoms with Gasteiger partial charge in [0.2, 0.25) is 10.0 Å². The highest BCUT2D eigenvalue weighted by atomic mass is 32.2. The second-order valence-corrected chi connectivity index (χ2v) is 8.56. The van der Waals surface area contributed by atoms with Crippen molar-refractivity contribution in [3.63, 3.8) is 0 Å². The monoisotopic (exact) mass is 321 g/mol. The number of benzene rings is 1. The Hall–Kier alpha value is -1.17. The van der Waals surface area contributed by atoms with Gasteiger partial charge in [-0.3, -0.25) is 0 Å². The Morgan fingerprint density at radius 2 is 1.81 bits per heavy atom. The molecule has 0 saturated heterocycles. The molecule has 112 valence electrons. The Labute approximate surface area is 130 Å². The molecular formula is C16H19NO2S2. The lowest BCUT2D eigenvalue weighted by Gasteiger charge is -2.27. The molecule has 0 amide bonds. The molecule has 0 fully saturated rings. The van der Waals surface area contributed by atoms with E-state index in [1.165, 1.54) is 4.88 Å². The topological polar surface area (TPSA) is 37.4 Å². The van der Waals surface area contributed by atoms with Gasteiger partial charge in [-0.25, -0.2) is 8.42 Å². The zero-order valence-electron chi connectivity index (χ0n) is 12.5. The molecule has 3 rings (SSSR count). The molecule has 0 N–H and O–H groups in total. The van der Waals surface area contributed by atoms with Gasteiger partial charge in [0.25, 0.3) is 0 Å². The van der Waals surface area contributed by atoms with Crippen molar-refractivity contribution in [1.29, 1.82) is 0 Å². The van der Waals surface area contributed by atoms with Crippen LogP contribution in [-0.4, -0.2) is 19.3 Å². The Kier molecular flexibility index (Phi) is 3.67. The van der Waals surface area contributed by atoms with Crippen LogP contribution in [0.2, 0.25) is 0 Å². The SMILES string of the molecule is Cc1cc(C)c(S(=O)(=O)N2CCc3sccc3C2)c(C)c1. The summed E-state index contributed by atoms with van der Waals surface area (Å²) in [4.78, 5) is 1.80. The third-order valence-electron chi connectivity index (χ3n) is 3.98. The molecule has 0 atom stereocenters. The molecular weight excluding hydrogens is 302 g/mol. The summed E-state index contributed by atoms with van der Waals surface area (Å²) in [6, 6.07) is 5.93. The fourth-order valence-corrected chi connectivity index (χ4v) is 5.85. The maximum atomic E-state index is 13.0. The van der Waals surface area contributed by atoms with Crippen LogP contribution in [0.4, 0.5) is 0 Å². The van der Waals surface area contributed by atoms with Gasteiger partial charge in [-0.1, -0.05) is 17.7 Å². The standard InChI is InChI=1S/C16H19NO2S2/c1-11-8-12(2)16(13(3)9-11)21(18,19)17-6-4-15-14(10-17)5-7-20-15/h5,7-9H,4,6,10H2,1-3H3. The van der Waals surface area contributed by atoms with Gasteiger partial charge in [0.1, 0.15) is 0 Å². The predicted octanol–water partition coefficient (Wildman–Crippen LogP) is 3.42. The van der Waals surface area contributed by atoms with Crippen LogP contribution < -0.4 is 0 Å². The van der Waals surface area contributed by atoms with E-state index in [0.29, 0.717) is 18.0 Å². The fourth-order valence-electron chi connectivity index (χ4n) is 3.13. The molecule has 0 bridgehead atoms. The summed E-state index contributed by atoms with van der Waals surface area (Å²) in [5.41, 5.74) is 3.92. The first-order chi connectivity index (χ1) is 9.89. The van der Waals surface area contributed by atoms with E-state index < -0.39 is 10.0 Å². The summed E-state index contributed by atoms with van der Waals surface area (Å²) >= 11 is 1.72. The third-order valence-corrected chi connectivity index (χ3v) is 7.15. The second-order valence-electron chi connectivity index (χ2n) is 5.69. The van der Waals surface area contributed by atoms with Crippen molar-refractivity contribution in [2.24, 2.45) is 0 Å². The van der Waals surface area contributed by atoms with E-state index in [1.807, 2.05) is 44.4 Å². The average Bonchev–Trinajstić information content (AvgIpc) is 2.83. The summed E-state index contributed by atoms with van der Waals surface area (Å²) in [7, 11) is -3.42. The lowest BCUT2D eigenvalue weighted by molar-refractivity contribution is 0.393. The highest BCUT2D eigenvalue weighted by Crippen LogP contribution is 2.31. The Morgan fingerprint density at radius 1 is 1.14 bits per heavy atom. The van der Waals surface area contributed by atoms with Gasteiger partial charge in [-0.15, -0.1) is 11.3 Å². The summed E-state index contributed by atoms with van der Waals surface area (Å²) in [6.45, 7) is 6.82. The van der Waals surface area contributed by atoms with Gasteiger partial charge >= 0.3 is 0 Å². The van der Waals surface area contributed by atoms with E-state index >= 15 is 0 Å². The number of thiophene rings is 1. The van der Waals surface area contributed by atoms with Crippen molar-refractivity contribution in [2.45, 2.75) is 38.6 Å². The molecule has 0 unspecified atom stereocenters. The Bertz CT molecular complexity index is 767. The number of rotatable bonds is 2. The zero-order valence-corrected chi connectivity index (χ0v) is 14.1. The summed E-state index contributed by atoms with van der Waals surface area (Å²) in [5, 5.41) is 2.04. The first kappa shape index (κ1) is 14.8. The molecule has 0 spiro atoms. The summed E-state index contributed by atoms with van der Waals surface area (Å²) in [5.74, 6) is 0. The number of sulfonamides is 1. The summed E-state index contributed by atoms with van der Waals surface area (Å²) in [6.07, 6.45) is 0.816. The van der Waals surface area contributed by atoms with E-state index in [9.17, 15) is 8.42 Å². The van der Waals surface area contributed by atoms with Gasteiger partial charge in [0.15, 0.2) is 0 Å². The molecule has 1 aromatic heterocycles. The fraction of sp³-hybridized carbons (Fsp3) is 0.375. The Morgan fingerprint density at radius 3 is 2.48 bits per heavy atom. The highest BCUT2D eigenvalue weighted by Gasteiger charge is 2.31. The van der Waals surface area contributed by atoms with Crippen LogP contribution in [0.25, 0.3) is 0 Å². The zero-order chi connectivity index (χ0) is 15.2. The lowest BCUT2D eigenvalue weighted by Crippen LogP contribution is -2.36. The van der Waals surface area contributed by atoms with Crippen LogP contribution in [-0.2, 0) is 23.0 Å². The number of hydrogen-bond donors (Lipinski definition) is 0. The summed E-state index contributed by atoms with van der Waals surface area (Å²) < 4.78 is 27.6. The maximum absolute atomic E-state index is 13.0. The van der Waals surface area contributed by atoms with Gasteiger partial charge in [-0.2, -0.15) is 4.31 Å². The van der Waals surface area contributed by atoms with Gasteiger partial charge in [-0.05, 0) is 55.3 Å². The van der Waals surface area contributed by atoms with Crippen LogP contribution in [0.5, 0.6) is 0 Å². The molecule has 3 nitrogen and oxygen atoms in total. The van der Waals surface area contributed by atoms with Crippen molar-refractivity contribution in [3.05, 3.63) is 50.7 Å². The van der Waals surface area contributed by atoms with Crippen LogP contribution in [0, 0.1) is 20.8 Å². The lowest BCUT2D eigenvalue weighted by atomic mass is 10.1. The number of fused-ring (bicyclic) bond motifs is 1. The first-order valence-electron chi connectivity index (χ1n) is 7.03. The highest BCUT2D eigenvalue weighted by molar-refractivity contribution is 7.89. The van der Waals surface area contributed by atoms with E-state index in [2.05, 4.69) is 0 Å². The number of aryl methyl sites for hydroxylation is 3. The molecule has 1 aliphatic rings. The average molecular weight is 321 g/mol. The van der Waals surface area contributed by atoms with Gasteiger partial charge in [0, 0.05) is 18.0 Å². The molecule has 2 heterocycles. The largest absolute Gasteiger partial charge is 0.243 e.